The van der Waals surface area contributed by atoms with Crippen molar-refractivity contribution < 1.29 is 23.4 Å². The van der Waals surface area contributed by atoms with Crippen molar-refractivity contribution in [2.75, 3.05) is 20.8 Å². The van der Waals surface area contributed by atoms with Crippen molar-refractivity contribution in [3.63, 3.8) is 0 Å². The molecule has 1 aliphatic heterocycles. The van der Waals surface area contributed by atoms with Crippen LogP contribution in [-0.2, 0) is 9.53 Å². The summed E-state index contributed by atoms with van der Waals surface area (Å²) in [5.74, 6) is -0.0118. The van der Waals surface area contributed by atoms with E-state index in [1.165, 1.54) is 42.3 Å². The van der Waals surface area contributed by atoms with Crippen LogP contribution in [-0.4, -0.2) is 31.4 Å². The van der Waals surface area contributed by atoms with Gasteiger partial charge in [0, 0.05) is 5.56 Å². The number of esters is 1. The molecule has 2 heterocycles. The first kappa shape index (κ1) is 24.4. The van der Waals surface area contributed by atoms with Crippen molar-refractivity contribution in [1.29, 1.82) is 0 Å². The third kappa shape index (κ3) is 4.64. The van der Waals surface area contributed by atoms with Crippen LogP contribution in [0.4, 0.5) is 4.39 Å². The first-order valence-electron chi connectivity index (χ1n) is 11.1. The number of fused-ring (bicyclic) bond motifs is 1. The van der Waals surface area contributed by atoms with Crippen LogP contribution >= 0.6 is 11.3 Å². The zero-order valence-corrected chi connectivity index (χ0v) is 20.6. The molecule has 9 heteroatoms. The highest BCUT2D eigenvalue weighted by Crippen LogP contribution is 2.40. The highest BCUT2D eigenvalue weighted by molar-refractivity contribution is 7.07. The Hall–Kier alpha value is -3.72. The topological polar surface area (TPSA) is 79.1 Å². The van der Waals surface area contributed by atoms with E-state index in [0.717, 1.165) is 6.42 Å². The van der Waals surface area contributed by atoms with Crippen molar-refractivity contribution in [2.45, 2.75) is 26.3 Å². The first-order chi connectivity index (χ1) is 16.9. The Morgan fingerprint density at radius 3 is 2.60 bits per heavy atom. The van der Waals surface area contributed by atoms with Crippen molar-refractivity contribution in [3.05, 3.63) is 90.4 Å². The lowest BCUT2D eigenvalue weighted by atomic mass is 9.94. The average Bonchev–Trinajstić information content (AvgIpc) is 3.16. The average molecular weight is 497 g/mol. The molecule has 1 atom stereocenters. The van der Waals surface area contributed by atoms with Crippen LogP contribution in [0.25, 0.3) is 6.08 Å². The molecular weight excluding hydrogens is 471 g/mol. The normalized spacial score (nSPS) is 15.5. The Balaban J connectivity index is 2.00. The van der Waals surface area contributed by atoms with E-state index in [-0.39, 0.29) is 16.9 Å². The molecule has 3 aromatic rings. The Morgan fingerprint density at radius 1 is 1.20 bits per heavy atom. The van der Waals surface area contributed by atoms with E-state index < -0.39 is 12.0 Å². The zero-order chi connectivity index (χ0) is 25.1. The van der Waals surface area contributed by atoms with Gasteiger partial charge in [-0.15, -0.1) is 0 Å². The highest BCUT2D eigenvalue weighted by atomic mass is 32.1. The molecule has 1 unspecified atom stereocenters. The Morgan fingerprint density at radius 2 is 1.94 bits per heavy atom. The molecule has 0 saturated heterocycles. The van der Waals surface area contributed by atoms with E-state index in [0.29, 0.717) is 44.3 Å². The Kier molecular flexibility index (Phi) is 7.16. The lowest BCUT2D eigenvalue weighted by Gasteiger charge is -2.26. The van der Waals surface area contributed by atoms with Crippen LogP contribution < -0.4 is 24.4 Å². The van der Waals surface area contributed by atoms with Crippen LogP contribution in [0.5, 0.6) is 11.5 Å². The van der Waals surface area contributed by atoms with Gasteiger partial charge in [-0.3, -0.25) is 9.36 Å². The number of hydrogen-bond donors (Lipinski definition) is 0. The number of allylic oxidation sites excluding steroid dienone is 1. The summed E-state index contributed by atoms with van der Waals surface area (Å²) in [6.45, 7) is 4.12. The molecule has 7 nitrogen and oxygen atoms in total. The lowest BCUT2D eigenvalue weighted by Crippen LogP contribution is -2.40. The van der Waals surface area contributed by atoms with Crippen LogP contribution in [0.2, 0.25) is 0 Å². The molecule has 35 heavy (non-hydrogen) atoms. The van der Waals surface area contributed by atoms with E-state index in [4.69, 9.17) is 14.2 Å². The molecule has 1 aliphatic rings. The number of hydrogen-bond acceptors (Lipinski definition) is 7. The number of aromatic nitrogens is 1. The Bertz CT molecular complexity index is 1470. The minimum atomic E-state index is -0.837. The van der Waals surface area contributed by atoms with Crippen molar-refractivity contribution >= 4 is 23.4 Å². The molecule has 182 valence electrons. The molecule has 0 saturated carbocycles. The third-order valence-electron chi connectivity index (χ3n) is 5.57. The molecule has 0 fully saturated rings. The van der Waals surface area contributed by atoms with E-state index in [1.54, 1.807) is 43.3 Å². The summed E-state index contributed by atoms with van der Waals surface area (Å²) in [5, 5.41) is 0. The highest BCUT2D eigenvalue weighted by Gasteiger charge is 2.35. The van der Waals surface area contributed by atoms with Gasteiger partial charge >= 0.3 is 5.97 Å². The molecule has 2 aromatic carbocycles. The van der Waals surface area contributed by atoms with Crippen LogP contribution in [0.15, 0.2) is 63.5 Å². The summed E-state index contributed by atoms with van der Waals surface area (Å²) in [5.41, 5.74) is 1.61. The zero-order valence-electron chi connectivity index (χ0n) is 19.8. The second kappa shape index (κ2) is 10.3. The molecule has 0 amide bonds. The summed E-state index contributed by atoms with van der Waals surface area (Å²) in [7, 11) is 2.83. The maximum atomic E-state index is 13.7. The van der Waals surface area contributed by atoms with Gasteiger partial charge in [-0.25, -0.2) is 14.2 Å². The van der Waals surface area contributed by atoms with Crippen LogP contribution in [0.3, 0.4) is 0 Å². The van der Waals surface area contributed by atoms with Crippen LogP contribution in [0, 0.1) is 5.82 Å². The maximum Gasteiger partial charge on any atom is 0.338 e. The van der Waals surface area contributed by atoms with Gasteiger partial charge in [-0.05, 0) is 43.2 Å². The SMILES string of the molecule is CCCOc1c(OC)cccc1C1C(C(=O)OC)=C(C)N=c2sc(=Cc3ccc(F)cc3)c(=O)n21. The number of carbonyl (C=O) groups excluding carboxylic acids is 1. The fourth-order valence-corrected chi connectivity index (χ4v) is 5.01. The molecule has 0 radical (unpaired) electrons. The molecule has 4 rings (SSSR count). The van der Waals surface area contributed by atoms with Gasteiger partial charge in [0.15, 0.2) is 16.3 Å². The van der Waals surface area contributed by atoms with Crippen molar-refractivity contribution in [1.82, 2.24) is 4.57 Å². The van der Waals surface area contributed by atoms with Gasteiger partial charge in [0.25, 0.3) is 5.56 Å². The predicted molar refractivity (Wildman–Crippen MR) is 131 cm³/mol. The van der Waals surface area contributed by atoms with Crippen molar-refractivity contribution in [2.24, 2.45) is 4.99 Å². The third-order valence-corrected chi connectivity index (χ3v) is 6.55. The van der Waals surface area contributed by atoms with E-state index >= 15 is 0 Å². The summed E-state index contributed by atoms with van der Waals surface area (Å²) < 4.78 is 31.9. The quantitative estimate of drug-likeness (QED) is 0.469. The standard InChI is InChI=1S/C26H25FN2O5S/c1-5-13-34-23-18(7-6-8-19(23)32-3)22-21(25(31)33-4)15(2)28-26-29(22)24(30)20(35-26)14-16-9-11-17(27)12-10-16/h6-12,14,22H,5,13H2,1-4H3. The lowest BCUT2D eigenvalue weighted by molar-refractivity contribution is -0.136. The van der Waals surface area contributed by atoms with Gasteiger partial charge in [0.1, 0.15) is 11.9 Å². The molecule has 0 bridgehead atoms. The number of para-hydroxylation sites is 1. The number of benzene rings is 2. The molecule has 0 N–H and O–H groups in total. The van der Waals surface area contributed by atoms with Gasteiger partial charge < -0.3 is 14.2 Å². The van der Waals surface area contributed by atoms with Crippen LogP contribution in [0.1, 0.15) is 37.4 Å². The van der Waals surface area contributed by atoms with Gasteiger partial charge in [0.2, 0.25) is 0 Å². The number of carbonyl (C=O) groups is 1. The number of methoxy groups -OCH3 is 2. The number of nitrogens with zero attached hydrogens (tertiary/aromatic N) is 2. The number of halogens is 1. The van der Waals surface area contributed by atoms with Crippen molar-refractivity contribution in [3.8, 4) is 11.5 Å². The smallest absolute Gasteiger partial charge is 0.338 e. The maximum absolute atomic E-state index is 13.7. The molecule has 1 aromatic heterocycles. The minimum absolute atomic E-state index is 0.239. The summed E-state index contributed by atoms with van der Waals surface area (Å²) in [4.78, 5) is 31.6. The monoisotopic (exact) mass is 496 g/mol. The van der Waals surface area contributed by atoms with E-state index in [2.05, 4.69) is 4.99 Å². The molecular formula is C26H25FN2O5S. The van der Waals surface area contributed by atoms with E-state index in [9.17, 15) is 14.0 Å². The molecule has 0 spiro atoms. The summed E-state index contributed by atoms with van der Waals surface area (Å²) in [6, 6.07) is 10.4. The number of rotatable bonds is 7. The molecule has 0 aliphatic carbocycles. The van der Waals surface area contributed by atoms with E-state index in [1.807, 2.05) is 6.92 Å². The van der Waals surface area contributed by atoms with Gasteiger partial charge in [-0.1, -0.05) is 42.5 Å². The number of thiazole rings is 1. The fraction of sp³-hybridized carbons (Fsp3) is 0.269. The second-order valence-electron chi connectivity index (χ2n) is 7.85. The fourth-order valence-electron chi connectivity index (χ4n) is 3.96. The van der Waals surface area contributed by atoms with Gasteiger partial charge in [0.05, 0.1) is 36.6 Å². The predicted octanol–water partition coefficient (Wildman–Crippen LogP) is 3.34. The second-order valence-corrected chi connectivity index (χ2v) is 8.86. The Labute approximate surface area is 205 Å². The first-order valence-corrected chi connectivity index (χ1v) is 11.9. The number of ether oxygens (including phenoxy) is 3. The summed E-state index contributed by atoms with van der Waals surface area (Å²) >= 11 is 1.19. The van der Waals surface area contributed by atoms with Gasteiger partial charge in [-0.2, -0.15) is 0 Å². The summed E-state index contributed by atoms with van der Waals surface area (Å²) in [6.07, 6.45) is 2.44. The largest absolute Gasteiger partial charge is 0.493 e. The minimum Gasteiger partial charge on any atom is -0.493 e.